The highest BCUT2D eigenvalue weighted by molar-refractivity contribution is 6.04. The van der Waals surface area contributed by atoms with E-state index in [1.807, 2.05) is 73.1 Å². The SMILES string of the molecule is CCCn1c(NC(=O)c2ccc(-n3nc(C)cc3C)cc2)nc2ccccc21. The monoisotopic (exact) mass is 373 g/mol. The Labute approximate surface area is 163 Å². The van der Waals surface area contributed by atoms with Crippen molar-refractivity contribution < 1.29 is 4.79 Å². The number of para-hydroxylation sites is 2. The van der Waals surface area contributed by atoms with Crippen molar-refractivity contribution in [2.75, 3.05) is 5.32 Å². The Hall–Kier alpha value is -3.41. The Bertz CT molecular complexity index is 1140. The molecule has 4 rings (SSSR count). The van der Waals surface area contributed by atoms with Crippen LogP contribution in [-0.4, -0.2) is 25.2 Å². The summed E-state index contributed by atoms with van der Waals surface area (Å²) in [7, 11) is 0. The van der Waals surface area contributed by atoms with Gasteiger partial charge < -0.3 is 4.57 Å². The number of anilines is 1. The van der Waals surface area contributed by atoms with E-state index in [1.54, 1.807) is 0 Å². The molecule has 28 heavy (non-hydrogen) atoms. The minimum Gasteiger partial charge on any atom is -0.310 e. The number of carbonyl (C=O) groups excluding carboxylic acids is 1. The molecule has 0 radical (unpaired) electrons. The van der Waals surface area contributed by atoms with Crippen LogP contribution in [-0.2, 0) is 6.54 Å². The molecule has 2 aromatic heterocycles. The molecule has 0 fully saturated rings. The van der Waals surface area contributed by atoms with E-state index in [0.29, 0.717) is 11.5 Å². The average Bonchev–Trinajstić information content (AvgIpc) is 3.21. The molecule has 6 heteroatoms. The maximum Gasteiger partial charge on any atom is 0.257 e. The third kappa shape index (κ3) is 3.29. The molecule has 0 aliphatic carbocycles. The van der Waals surface area contributed by atoms with Crippen LogP contribution in [0.5, 0.6) is 0 Å². The zero-order chi connectivity index (χ0) is 19.7. The maximum absolute atomic E-state index is 12.8. The van der Waals surface area contributed by atoms with Gasteiger partial charge in [-0.1, -0.05) is 19.1 Å². The molecular formula is C22H23N5O. The quantitative estimate of drug-likeness (QED) is 0.560. The summed E-state index contributed by atoms with van der Waals surface area (Å²) in [5.41, 5.74) is 5.45. The molecule has 0 saturated heterocycles. The minimum atomic E-state index is -0.174. The summed E-state index contributed by atoms with van der Waals surface area (Å²) in [5.74, 6) is 0.406. The summed E-state index contributed by atoms with van der Waals surface area (Å²) in [5, 5.41) is 7.45. The first-order chi connectivity index (χ1) is 13.6. The lowest BCUT2D eigenvalue weighted by Crippen LogP contribution is -2.16. The van der Waals surface area contributed by atoms with E-state index >= 15 is 0 Å². The third-order valence-electron chi connectivity index (χ3n) is 4.71. The molecule has 0 aliphatic rings. The normalized spacial score (nSPS) is 11.1. The number of amides is 1. The molecule has 2 heterocycles. The van der Waals surface area contributed by atoms with Crippen LogP contribution in [0.3, 0.4) is 0 Å². The lowest BCUT2D eigenvalue weighted by atomic mass is 10.2. The van der Waals surface area contributed by atoms with Crippen molar-refractivity contribution in [3.05, 3.63) is 71.5 Å². The molecule has 1 N–H and O–H groups in total. The summed E-state index contributed by atoms with van der Waals surface area (Å²) >= 11 is 0. The van der Waals surface area contributed by atoms with Crippen LogP contribution >= 0.6 is 0 Å². The van der Waals surface area contributed by atoms with E-state index in [-0.39, 0.29) is 5.91 Å². The van der Waals surface area contributed by atoms with Crippen molar-refractivity contribution in [2.45, 2.75) is 33.7 Å². The predicted octanol–water partition coefficient (Wildman–Crippen LogP) is 4.50. The number of nitrogens with zero attached hydrogens (tertiary/aromatic N) is 4. The van der Waals surface area contributed by atoms with Crippen LogP contribution in [0.4, 0.5) is 5.95 Å². The topological polar surface area (TPSA) is 64.7 Å². The van der Waals surface area contributed by atoms with Gasteiger partial charge in [0.15, 0.2) is 0 Å². The zero-order valence-corrected chi connectivity index (χ0v) is 16.3. The van der Waals surface area contributed by atoms with Crippen LogP contribution < -0.4 is 5.32 Å². The number of carbonyl (C=O) groups is 1. The fourth-order valence-electron chi connectivity index (χ4n) is 3.44. The van der Waals surface area contributed by atoms with Crippen molar-refractivity contribution in [3.8, 4) is 5.69 Å². The Morgan fingerprint density at radius 2 is 1.82 bits per heavy atom. The molecular weight excluding hydrogens is 350 g/mol. The Kier molecular flexibility index (Phi) is 4.69. The van der Waals surface area contributed by atoms with Gasteiger partial charge in [0.1, 0.15) is 0 Å². The van der Waals surface area contributed by atoms with Gasteiger partial charge in [0.2, 0.25) is 5.95 Å². The third-order valence-corrected chi connectivity index (χ3v) is 4.71. The van der Waals surface area contributed by atoms with Crippen molar-refractivity contribution in [1.29, 1.82) is 0 Å². The maximum atomic E-state index is 12.8. The van der Waals surface area contributed by atoms with Crippen LogP contribution in [0.25, 0.3) is 16.7 Å². The van der Waals surface area contributed by atoms with Crippen LogP contribution in [0, 0.1) is 13.8 Å². The molecule has 1 amide bonds. The van der Waals surface area contributed by atoms with Gasteiger partial charge >= 0.3 is 0 Å². The lowest BCUT2D eigenvalue weighted by Gasteiger charge is -2.10. The standard InChI is InChI=1S/C22H23N5O/c1-4-13-26-20-8-6-5-7-19(20)23-22(26)24-21(28)17-9-11-18(12-10-17)27-16(3)14-15(2)25-27/h5-12,14H,4,13H2,1-3H3,(H,23,24,28). The summed E-state index contributed by atoms with van der Waals surface area (Å²) in [6, 6.07) is 17.4. The zero-order valence-electron chi connectivity index (χ0n) is 16.3. The number of aryl methyl sites for hydroxylation is 3. The second kappa shape index (κ2) is 7.31. The number of hydrogen-bond donors (Lipinski definition) is 1. The van der Waals surface area contributed by atoms with Gasteiger partial charge in [-0.3, -0.25) is 10.1 Å². The fraction of sp³-hybridized carbons (Fsp3) is 0.227. The van der Waals surface area contributed by atoms with Crippen molar-refractivity contribution >= 4 is 22.9 Å². The smallest absolute Gasteiger partial charge is 0.257 e. The number of fused-ring (bicyclic) bond motifs is 1. The molecule has 0 saturated carbocycles. The molecule has 6 nitrogen and oxygen atoms in total. The van der Waals surface area contributed by atoms with E-state index in [4.69, 9.17) is 0 Å². The second-order valence-electron chi connectivity index (χ2n) is 6.92. The number of aromatic nitrogens is 4. The Morgan fingerprint density at radius 3 is 2.50 bits per heavy atom. The summed E-state index contributed by atoms with van der Waals surface area (Å²) in [6.45, 7) is 6.89. The van der Waals surface area contributed by atoms with E-state index in [1.165, 1.54) is 0 Å². The van der Waals surface area contributed by atoms with Gasteiger partial charge in [-0.25, -0.2) is 9.67 Å². The highest BCUT2D eigenvalue weighted by atomic mass is 16.1. The Morgan fingerprint density at radius 1 is 1.07 bits per heavy atom. The fourth-order valence-corrected chi connectivity index (χ4v) is 3.44. The van der Waals surface area contributed by atoms with Crippen molar-refractivity contribution in [3.63, 3.8) is 0 Å². The van der Waals surface area contributed by atoms with E-state index < -0.39 is 0 Å². The number of nitrogens with one attached hydrogen (secondary N) is 1. The molecule has 4 aromatic rings. The van der Waals surface area contributed by atoms with Gasteiger partial charge in [-0.15, -0.1) is 0 Å². The molecule has 142 valence electrons. The van der Waals surface area contributed by atoms with Gasteiger partial charge in [0.05, 0.1) is 22.4 Å². The minimum absolute atomic E-state index is 0.174. The van der Waals surface area contributed by atoms with Crippen molar-refractivity contribution in [2.24, 2.45) is 0 Å². The molecule has 2 aromatic carbocycles. The summed E-state index contributed by atoms with van der Waals surface area (Å²) in [6.07, 6.45) is 0.959. The number of rotatable bonds is 5. The number of hydrogen-bond acceptors (Lipinski definition) is 3. The van der Waals surface area contributed by atoms with E-state index in [2.05, 4.69) is 26.9 Å². The van der Waals surface area contributed by atoms with Crippen LogP contribution in [0.2, 0.25) is 0 Å². The van der Waals surface area contributed by atoms with E-state index in [0.717, 1.165) is 41.1 Å². The summed E-state index contributed by atoms with van der Waals surface area (Å²) in [4.78, 5) is 17.4. The van der Waals surface area contributed by atoms with Gasteiger partial charge in [-0.05, 0) is 62.7 Å². The highest BCUT2D eigenvalue weighted by Crippen LogP contribution is 2.21. The first kappa shape index (κ1) is 18.0. The average molecular weight is 373 g/mol. The first-order valence-corrected chi connectivity index (χ1v) is 9.47. The van der Waals surface area contributed by atoms with Crippen LogP contribution in [0.15, 0.2) is 54.6 Å². The number of imidazole rings is 1. The lowest BCUT2D eigenvalue weighted by molar-refractivity contribution is 0.102. The van der Waals surface area contributed by atoms with Crippen LogP contribution in [0.1, 0.15) is 35.1 Å². The summed E-state index contributed by atoms with van der Waals surface area (Å²) < 4.78 is 3.93. The Balaban J connectivity index is 1.60. The molecule has 0 unspecified atom stereocenters. The number of benzene rings is 2. The van der Waals surface area contributed by atoms with Gasteiger partial charge in [-0.2, -0.15) is 5.10 Å². The van der Waals surface area contributed by atoms with Gasteiger partial charge in [0, 0.05) is 17.8 Å². The first-order valence-electron chi connectivity index (χ1n) is 9.47. The highest BCUT2D eigenvalue weighted by Gasteiger charge is 2.14. The molecule has 0 spiro atoms. The largest absolute Gasteiger partial charge is 0.310 e. The molecule has 0 bridgehead atoms. The predicted molar refractivity (Wildman–Crippen MR) is 111 cm³/mol. The second-order valence-corrected chi connectivity index (χ2v) is 6.92. The molecule has 0 atom stereocenters. The molecule has 0 aliphatic heterocycles. The van der Waals surface area contributed by atoms with Crippen molar-refractivity contribution in [1.82, 2.24) is 19.3 Å². The van der Waals surface area contributed by atoms with E-state index in [9.17, 15) is 4.79 Å². The van der Waals surface area contributed by atoms with Gasteiger partial charge in [0.25, 0.3) is 5.91 Å².